The van der Waals surface area contributed by atoms with Crippen LogP contribution >= 0.6 is 0 Å². The predicted molar refractivity (Wildman–Crippen MR) is 45.9 cm³/mol. The first-order valence-corrected chi connectivity index (χ1v) is 3.96. The summed E-state index contributed by atoms with van der Waals surface area (Å²) in [5.74, 6) is -0.769. The minimum absolute atomic E-state index is 0.284. The predicted octanol–water partition coefficient (Wildman–Crippen LogP) is 2.21. The van der Waals surface area contributed by atoms with Crippen molar-refractivity contribution in [2.75, 3.05) is 0 Å². The van der Waals surface area contributed by atoms with Crippen LogP contribution in [0, 0.1) is 10.1 Å². The molecule has 0 amide bonds. The summed E-state index contributed by atoms with van der Waals surface area (Å²) in [6.45, 7) is 0.978. The maximum absolute atomic E-state index is 12.3. The van der Waals surface area contributed by atoms with Crippen LogP contribution in [0.5, 0.6) is 0 Å². The highest BCUT2D eigenvalue weighted by atomic mass is 19.4. The van der Waals surface area contributed by atoms with Gasteiger partial charge in [0, 0.05) is 19.1 Å². The van der Waals surface area contributed by atoms with Crippen LogP contribution in [-0.4, -0.2) is 15.7 Å². The fourth-order valence-electron chi connectivity index (χ4n) is 0.947. The van der Waals surface area contributed by atoms with Crippen molar-refractivity contribution in [1.82, 2.24) is 4.98 Å². The lowest BCUT2D eigenvalue weighted by molar-refractivity contribution is -0.385. The third kappa shape index (κ3) is 2.53. The van der Waals surface area contributed by atoms with Gasteiger partial charge in [0.1, 0.15) is 5.69 Å². The topological polar surface area (TPSA) is 73.1 Å². The molecule has 0 aromatic carbocycles. The van der Waals surface area contributed by atoms with Crippen molar-refractivity contribution in [3.8, 4) is 0 Å². The molecule has 8 heteroatoms. The molecule has 0 unspecified atom stereocenters. The van der Waals surface area contributed by atoms with Gasteiger partial charge in [-0.1, -0.05) is 0 Å². The van der Waals surface area contributed by atoms with Crippen LogP contribution in [0.4, 0.5) is 18.9 Å². The van der Waals surface area contributed by atoms with E-state index in [9.17, 15) is 28.1 Å². The Kier molecular flexibility index (Phi) is 2.92. The first-order valence-electron chi connectivity index (χ1n) is 3.96. The lowest BCUT2D eigenvalue weighted by atomic mass is 10.2. The van der Waals surface area contributed by atoms with Gasteiger partial charge in [0.05, 0.1) is 4.92 Å². The van der Waals surface area contributed by atoms with Crippen molar-refractivity contribution in [3.05, 3.63) is 33.6 Å². The second kappa shape index (κ2) is 3.87. The quantitative estimate of drug-likeness (QED) is 0.446. The zero-order valence-corrected chi connectivity index (χ0v) is 7.91. The maximum atomic E-state index is 12.3. The molecule has 16 heavy (non-hydrogen) atoms. The Balaban J connectivity index is 3.42. The SMILES string of the molecule is CC(=O)c1cc([N+](=O)[O-])cc(C(F)(F)F)n1. The van der Waals surface area contributed by atoms with Crippen LogP contribution in [0.2, 0.25) is 0 Å². The van der Waals surface area contributed by atoms with Gasteiger partial charge in [-0.25, -0.2) is 4.98 Å². The minimum atomic E-state index is -4.82. The Bertz CT molecular complexity index is 424. The van der Waals surface area contributed by atoms with Crippen molar-refractivity contribution < 1.29 is 22.9 Å². The number of carbonyl (C=O) groups excluding carboxylic acids is 1. The van der Waals surface area contributed by atoms with E-state index in [-0.39, 0.29) is 6.07 Å². The first-order chi connectivity index (χ1) is 7.21. The van der Waals surface area contributed by atoms with E-state index < -0.39 is 34.0 Å². The van der Waals surface area contributed by atoms with Crippen LogP contribution in [0.1, 0.15) is 23.1 Å². The van der Waals surface area contributed by atoms with Crippen LogP contribution in [0.3, 0.4) is 0 Å². The molecule has 1 heterocycles. The molecule has 0 bridgehead atoms. The minimum Gasteiger partial charge on any atom is -0.293 e. The summed E-state index contributed by atoms with van der Waals surface area (Å²) in [6.07, 6.45) is -4.82. The second-order valence-corrected chi connectivity index (χ2v) is 2.91. The third-order valence-electron chi connectivity index (χ3n) is 1.67. The number of nitro groups is 1. The molecule has 1 rings (SSSR count). The summed E-state index contributed by atoms with van der Waals surface area (Å²) in [5.41, 5.74) is -2.85. The van der Waals surface area contributed by atoms with Crippen molar-refractivity contribution in [2.45, 2.75) is 13.1 Å². The smallest absolute Gasteiger partial charge is 0.293 e. The van der Waals surface area contributed by atoms with Crippen LogP contribution in [0.15, 0.2) is 12.1 Å². The summed E-state index contributed by atoms with van der Waals surface area (Å²) in [5, 5.41) is 10.4. The molecule has 0 radical (unpaired) electrons. The van der Waals surface area contributed by atoms with Gasteiger partial charge in [-0.05, 0) is 0 Å². The van der Waals surface area contributed by atoms with Gasteiger partial charge in [0.15, 0.2) is 11.5 Å². The van der Waals surface area contributed by atoms with Gasteiger partial charge in [0.25, 0.3) is 5.69 Å². The summed E-state index contributed by atoms with van der Waals surface area (Å²) in [7, 11) is 0. The van der Waals surface area contributed by atoms with Crippen molar-refractivity contribution >= 4 is 11.5 Å². The Labute approximate surface area is 87.1 Å². The van der Waals surface area contributed by atoms with Gasteiger partial charge in [-0.15, -0.1) is 0 Å². The number of hydrogen-bond donors (Lipinski definition) is 0. The second-order valence-electron chi connectivity index (χ2n) is 2.91. The summed E-state index contributed by atoms with van der Waals surface area (Å²) >= 11 is 0. The van der Waals surface area contributed by atoms with Crippen LogP contribution < -0.4 is 0 Å². The number of ketones is 1. The lowest BCUT2D eigenvalue weighted by Crippen LogP contribution is -2.12. The highest BCUT2D eigenvalue weighted by Crippen LogP contribution is 2.30. The number of aromatic nitrogens is 1. The number of nitrogens with zero attached hydrogens (tertiary/aromatic N) is 2. The number of hydrogen-bond acceptors (Lipinski definition) is 4. The molecule has 0 aliphatic carbocycles. The molecule has 0 fully saturated rings. The van der Waals surface area contributed by atoms with Crippen molar-refractivity contribution in [2.24, 2.45) is 0 Å². The van der Waals surface area contributed by atoms with Gasteiger partial charge in [0.2, 0.25) is 0 Å². The molecule has 5 nitrogen and oxygen atoms in total. The number of pyridine rings is 1. The summed E-state index contributed by atoms with van der Waals surface area (Å²) in [4.78, 5) is 23.2. The molecule has 86 valence electrons. The fraction of sp³-hybridized carbons (Fsp3) is 0.250. The Morgan fingerprint density at radius 3 is 2.38 bits per heavy atom. The largest absolute Gasteiger partial charge is 0.433 e. The van der Waals surface area contributed by atoms with E-state index in [0.717, 1.165) is 6.92 Å². The molecule has 0 saturated heterocycles. The maximum Gasteiger partial charge on any atom is 0.433 e. The lowest BCUT2D eigenvalue weighted by Gasteiger charge is -2.06. The molecule has 0 spiro atoms. The van der Waals surface area contributed by atoms with Gasteiger partial charge < -0.3 is 0 Å². The molecule has 0 aliphatic heterocycles. The third-order valence-corrected chi connectivity index (χ3v) is 1.67. The molecule has 0 N–H and O–H groups in total. The highest BCUT2D eigenvalue weighted by molar-refractivity contribution is 5.92. The zero-order valence-electron chi connectivity index (χ0n) is 7.91. The number of Topliss-reactive ketones (excluding diaryl/α,β-unsaturated/α-hetero) is 1. The number of carbonyl (C=O) groups is 1. The van der Waals surface area contributed by atoms with Crippen molar-refractivity contribution in [3.63, 3.8) is 0 Å². The van der Waals surface area contributed by atoms with E-state index in [4.69, 9.17) is 0 Å². The van der Waals surface area contributed by atoms with E-state index in [1.807, 2.05) is 0 Å². The monoisotopic (exact) mass is 234 g/mol. The molecular weight excluding hydrogens is 229 g/mol. The van der Waals surface area contributed by atoms with Crippen LogP contribution in [0.25, 0.3) is 0 Å². The van der Waals surface area contributed by atoms with Gasteiger partial charge >= 0.3 is 6.18 Å². The van der Waals surface area contributed by atoms with Crippen LogP contribution in [-0.2, 0) is 6.18 Å². The Hall–Kier alpha value is -1.99. The van der Waals surface area contributed by atoms with E-state index in [0.29, 0.717) is 6.07 Å². The normalized spacial score (nSPS) is 11.2. The average molecular weight is 234 g/mol. The Morgan fingerprint density at radius 2 is 2.00 bits per heavy atom. The van der Waals surface area contributed by atoms with E-state index in [1.54, 1.807) is 0 Å². The molecule has 0 aliphatic rings. The van der Waals surface area contributed by atoms with E-state index >= 15 is 0 Å². The Morgan fingerprint density at radius 1 is 1.44 bits per heavy atom. The molecular formula is C8H5F3N2O3. The standard InChI is InChI=1S/C8H5F3N2O3/c1-4(14)6-2-5(13(15)16)3-7(12-6)8(9,10)11/h2-3H,1H3. The van der Waals surface area contributed by atoms with Gasteiger partial charge in [-0.3, -0.25) is 14.9 Å². The molecule has 1 aromatic rings. The summed E-state index contributed by atoms with van der Waals surface area (Å²) in [6, 6.07) is 0.990. The fourth-order valence-corrected chi connectivity index (χ4v) is 0.947. The zero-order chi connectivity index (χ0) is 12.5. The van der Waals surface area contributed by atoms with E-state index in [2.05, 4.69) is 4.98 Å². The van der Waals surface area contributed by atoms with E-state index in [1.165, 1.54) is 0 Å². The van der Waals surface area contributed by atoms with Gasteiger partial charge in [-0.2, -0.15) is 13.2 Å². The number of alkyl halides is 3. The molecule has 1 aromatic heterocycles. The first kappa shape index (κ1) is 12.1. The summed E-state index contributed by atoms with van der Waals surface area (Å²) < 4.78 is 36.8. The number of halogens is 3. The molecule has 0 atom stereocenters. The molecule has 0 saturated carbocycles. The van der Waals surface area contributed by atoms with Crippen molar-refractivity contribution in [1.29, 1.82) is 0 Å². The number of rotatable bonds is 2. The highest BCUT2D eigenvalue weighted by Gasteiger charge is 2.35. The average Bonchev–Trinajstić information content (AvgIpc) is 2.15.